The van der Waals surface area contributed by atoms with Crippen molar-refractivity contribution >= 4 is 53.1 Å². The summed E-state index contributed by atoms with van der Waals surface area (Å²) in [5, 5.41) is 8.13. The predicted octanol–water partition coefficient (Wildman–Crippen LogP) is 41.2. The number of fused-ring (bicyclic) bond motifs is 21. The van der Waals surface area contributed by atoms with Gasteiger partial charge in [-0.05, 0) is 233 Å². The van der Waals surface area contributed by atoms with E-state index in [1.807, 2.05) is 17.4 Å². The first kappa shape index (κ1) is 105. The number of benzene rings is 19. The Bertz CT molecular complexity index is 7830. The predicted molar refractivity (Wildman–Crippen MR) is 646 cm³/mol. The van der Waals surface area contributed by atoms with Crippen LogP contribution in [0.25, 0.3) is 97.4 Å². The van der Waals surface area contributed by atoms with Gasteiger partial charge in [0.15, 0.2) is 0 Å². The fraction of sp³-hybridized carbons (Fsp3) is 0.252. The van der Waals surface area contributed by atoms with Crippen molar-refractivity contribution in [3.63, 3.8) is 0 Å². The van der Waals surface area contributed by atoms with Crippen molar-refractivity contribution in [1.82, 2.24) is 0 Å². The van der Waals surface area contributed by atoms with Crippen LogP contribution in [0.5, 0.6) is 0 Å². The molecule has 0 unspecified atom stereocenters. The molecule has 0 aliphatic heterocycles. The summed E-state index contributed by atoms with van der Waals surface area (Å²) in [6, 6.07) is 164. The van der Waals surface area contributed by atoms with Gasteiger partial charge in [-0.25, -0.2) is 0 Å². The first-order chi connectivity index (χ1) is 70.3. The minimum atomic E-state index is -0.296. The van der Waals surface area contributed by atoms with Gasteiger partial charge in [-0.3, -0.25) is 0 Å². The van der Waals surface area contributed by atoms with Crippen molar-refractivity contribution in [2.45, 2.75) is 240 Å². The van der Waals surface area contributed by atoms with Crippen LogP contribution in [-0.2, 0) is 59.6 Å². The van der Waals surface area contributed by atoms with Gasteiger partial charge in [0.1, 0.15) is 0 Å². The quantitative estimate of drug-likeness (QED) is 0.165. The molecule has 0 radical (unpaired) electrons. The van der Waals surface area contributed by atoms with Crippen LogP contribution < -0.4 is 0 Å². The summed E-state index contributed by atoms with van der Waals surface area (Å²) < 4.78 is 2.78. The molecule has 0 atom stereocenters. The van der Waals surface area contributed by atoms with E-state index in [2.05, 4.69) is 623 Å². The highest BCUT2D eigenvalue weighted by molar-refractivity contribution is 7.25. The summed E-state index contributed by atoms with van der Waals surface area (Å²) in [6.07, 6.45) is 0. The van der Waals surface area contributed by atoms with Gasteiger partial charge in [-0.15, -0.1) is 11.3 Å². The van der Waals surface area contributed by atoms with E-state index in [9.17, 15) is 0 Å². The highest BCUT2D eigenvalue weighted by Gasteiger charge is 2.52. The van der Waals surface area contributed by atoms with Gasteiger partial charge in [0.25, 0.3) is 0 Å². The smallest absolute Gasteiger partial charge is 0.0725 e. The summed E-state index contributed by atoms with van der Waals surface area (Å²) in [7, 11) is 0. The molecular weight excluding hydrogens is 1800 g/mol. The molecule has 1 aromatic heterocycles. The van der Waals surface area contributed by atoms with E-state index in [-0.39, 0.29) is 54.1 Å². The lowest BCUT2D eigenvalue weighted by atomic mass is 9.67. The average Bonchev–Trinajstić information content (AvgIpc) is 1.51. The fourth-order valence-corrected chi connectivity index (χ4v) is 23.2. The van der Waals surface area contributed by atoms with Crippen molar-refractivity contribution in [2.24, 2.45) is 0 Å². The van der Waals surface area contributed by atoms with Crippen molar-refractivity contribution < 1.29 is 0 Å². The van der Waals surface area contributed by atoms with E-state index >= 15 is 0 Å². The van der Waals surface area contributed by atoms with Crippen molar-refractivity contribution in [2.75, 3.05) is 0 Å². The molecule has 1 spiro atoms. The lowest BCUT2D eigenvalue weighted by Gasteiger charge is -2.34. The molecule has 4 aliphatic rings. The Labute approximate surface area is 890 Å². The van der Waals surface area contributed by atoms with E-state index in [1.54, 1.807) is 0 Å². The first-order valence-electron chi connectivity index (χ1n) is 53.4. The Morgan fingerprint density at radius 1 is 0.162 bits per heavy atom. The maximum absolute atomic E-state index is 2.48. The van der Waals surface area contributed by atoms with Gasteiger partial charge in [0.2, 0.25) is 0 Å². The maximum atomic E-state index is 2.48. The van der Waals surface area contributed by atoms with Gasteiger partial charge < -0.3 is 0 Å². The van der Waals surface area contributed by atoms with Crippen LogP contribution in [0, 0.1) is 0 Å². The Hall–Kier alpha value is -14.1. The van der Waals surface area contributed by atoms with Gasteiger partial charge in [0, 0.05) is 25.6 Å². The van der Waals surface area contributed by atoms with Crippen LogP contribution in [0.3, 0.4) is 0 Å². The van der Waals surface area contributed by atoms with Crippen LogP contribution in [0.1, 0.15) is 280 Å². The SMILES string of the molecule is CC(C)(C)c1ccc(-c2ccccc2)cc1.CC(C)(C)c1ccc2c(c1)C(C)(C)c1ccccc1-2.CC(C)(C)c1ccc2c(c1)C(c1ccccc1)(c1ccccc1)c1ccccc1-2.CC(C)(C)c1ccc2c(c1)C1(c3ccccc3-c3ccccc31)c1ccccc1-2.CC(C)(C)c1ccc2c(c1)sc1ccccc12.CC(C)(C)c1ccc2ccccc2c1.CC(C)(C)c1cccc2ccccc12.CC(C)(C)c1ccccc1. The molecule has 746 valence electrons. The second kappa shape index (κ2) is 41.9. The molecule has 0 saturated carbocycles. The first-order valence-corrected chi connectivity index (χ1v) is 54.2. The molecule has 0 amide bonds. The molecule has 24 rings (SSSR count). The molecule has 0 saturated heterocycles. The van der Waals surface area contributed by atoms with Crippen molar-refractivity contribution in [3.05, 3.63) is 549 Å². The standard InChI is InChI=1S/C29H24.C29H26.C19H22.C16H16S.C16H18.2C14H16.C10H14/c1-28(2,3)19-16-17-23-22-12-6-9-15-26(22)29(27(23)18-19)24-13-7-4-10-20(24)21-11-5-8-14-25(21)29;1-28(2,3)23-18-19-25-24-16-10-11-17-26(24)29(27(25)20-23,21-12-6-4-7-13-21)22-14-8-5-9-15-22;1-18(2,3)13-10-11-15-14-8-6-7-9-16(14)19(4,5)17(15)12-13;1-16(2,3)11-8-9-13-12-6-4-5-7-14(12)17-15(13)10-11;1-16(2,3)15-11-9-14(10-12-15)13-7-5-4-6-8-13;1-14(2,3)13-10-6-8-11-7-4-5-9-12(11)13;1-14(2,3)13-9-8-11-6-4-5-7-12(11)10-13;1-10(2,3)9-7-5-4-6-8-9/h4-18H,1-3H3;4-20H,1-3H3;6-12H,1-5H3;4-10H,1-3H3;4-12H,1-3H3;2*4-10H,1-3H3;4-8H,1-3H3. The Balaban J connectivity index is 0.000000118. The molecule has 19 aromatic carbocycles. The topological polar surface area (TPSA) is 0 Å². The summed E-state index contributed by atoms with van der Waals surface area (Å²) >= 11 is 1.89. The molecular formula is C147H152S. The summed E-state index contributed by atoms with van der Waals surface area (Å²) in [5.74, 6) is 0. The van der Waals surface area contributed by atoms with E-state index in [0.29, 0.717) is 5.41 Å². The molecule has 1 heterocycles. The largest absolute Gasteiger partial charge is 0.135 e. The third-order valence-corrected chi connectivity index (χ3v) is 31.7. The number of hydrogen-bond acceptors (Lipinski definition) is 1. The zero-order chi connectivity index (χ0) is 105. The Kier molecular flexibility index (Phi) is 29.8. The molecule has 1 heteroatoms. The summed E-state index contributed by atoms with van der Waals surface area (Å²) in [5.41, 5.74) is 40.0. The summed E-state index contributed by atoms with van der Waals surface area (Å²) in [6.45, 7) is 59.0. The second-order valence-corrected chi connectivity index (χ2v) is 50.7. The molecule has 0 fully saturated rings. The van der Waals surface area contributed by atoms with E-state index < -0.39 is 0 Å². The Morgan fingerprint density at radius 3 is 0.899 bits per heavy atom. The van der Waals surface area contributed by atoms with Crippen LogP contribution in [0.2, 0.25) is 0 Å². The fourth-order valence-electron chi connectivity index (χ4n) is 22.1. The molecule has 4 aliphatic carbocycles. The number of hydrogen-bond donors (Lipinski definition) is 0. The van der Waals surface area contributed by atoms with Gasteiger partial charge in [0.05, 0.1) is 10.8 Å². The van der Waals surface area contributed by atoms with Gasteiger partial charge >= 0.3 is 0 Å². The summed E-state index contributed by atoms with van der Waals surface area (Å²) in [4.78, 5) is 0. The molecule has 0 nitrogen and oxygen atoms in total. The van der Waals surface area contributed by atoms with Gasteiger partial charge in [-0.1, -0.05) is 617 Å². The van der Waals surface area contributed by atoms with Crippen LogP contribution >= 0.6 is 11.3 Å². The van der Waals surface area contributed by atoms with Crippen LogP contribution in [0.4, 0.5) is 0 Å². The third-order valence-electron chi connectivity index (χ3n) is 30.6. The lowest BCUT2D eigenvalue weighted by Crippen LogP contribution is -2.29. The minimum Gasteiger partial charge on any atom is -0.135 e. The highest BCUT2D eigenvalue weighted by atomic mass is 32.1. The zero-order valence-corrected chi connectivity index (χ0v) is 93.4. The van der Waals surface area contributed by atoms with E-state index in [1.165, 1.54) is 197 Å². The number of rotatable bonds is 3. The molecule has 20 aromatic rings. The normalized spacial score (nSPS) is 13.5. The van der Waals surface area contributed by atoms with E-state index in [0.717, 1.165) is 0 Å². The average molecular weight is 1950 g/mol. The third kappa shape index (κ3) is 21.7. The van der Waals surface area contributed by atoms with Gasteiger partial charge in [-0.2, -0.15) is 0 Å². The highest BCUT2D eigenvalue weighted by Crippen LogP contribution is 2.64. The second-order valence-electron chi connectivity index (χ2n) is 49.6. The monoisotopic (exact) mass is 1950 g/mol. The van der Waals surface area contributed by atoms with Crippen molar-refractivity contribution in [1.29, 1.82) is 0 Å². The Morgan fingerprint density at radius 2 is 0.453 bits per heavy atom. The lowest BCUT2D eigenvalue weighted by molar-refractivity contribution is 0.584. The minimum absolute atomic E-state index is 0.100. The van der Waals surface area contributed by atoms with Crippen molar-refractivity contribution in [3.8, 4) is 55.6 Å². The molecule has 148 heavy (non-hydrogen) atoms. The van der Waals surface area contributed by atoms with Crippen LogP contribution in [0.15, 0.2) is 449 Å². The number of thiophene rings is 1. The maximum Gasteiger partial charge on any atom is 0.0725 e. The van der Waals surface area contributed by atoms with E-state index in [4.69, 9.17) is 0 Å². The van der Waals surface area contributed by atoms with Crippen LogP contribution in [-0.4, -0.2) is 0 Å². The zero-order valence-electron chi connectivity index (χ0n) is 92.6. The molecule has 0 N–H and O–H groups in total. The molecule has 0 bridgehead atoms.